The number of nitrogens with one attached hydrogen (secondary N) is 2. The molecule has 0 aromatic carbocycles. The van der Waals surface area contributed by atoms with E-state index >= 15 is 0 Å². The van der Waals surface area contributed by atoms with Gasteiger partial charge in [-0.1, -0.05) is 32.4 Å². The van der Waals surface area contributed by atoms with Crippen molar-refractivity contribution < 1.29 is 0 Å². The molecule has 1 aromatic rings. The van der Waals surface area contributed by atoms with Crippen molar-refractivity contribution in [3.63, 3.8) is 0 Å². The van der Waals surface area contributed by atoms with Gasteiger partial charge in [0, 0.05) is 6.04 Å². The Morgan fingerprint density at radius 3 is 2.67 bits per heavy atom. The quantitative estimate of drug-likeness (QED) is 0.717. The van der Waals surface area contributed by atoms with Gasteiger partial charge in [0.2, 0.25) is 0 Å². The molecule has 1 heterocycles. The Morgan fingerprint density at radius 1 is 1.33 bits per heavy atom. The molecule has 0 aliphatic rings. The SMILES string of the molecule is CCC(C)CC(CC)NCc1nn[nH]n1. The van der Waals surface area contributed by atoms with Crippen molar-refractivity contribution in [1.29, 1.82) is 0 Å². The third kappa shape index (κ3) is 4.38. The second-order valence-corrected chi connectivity index (χ2v) is 4.06. The molecule has 0 spiro atoms. The van der Waals surface area contributed by atoms with Crippen molar-refractivity contribution in [2.75, 3.05) is 0 Å². The average Bonchev–Trinajstić information content (AvgIpc) is 2.76. The van der Waals surface area contributed by atoms with Crippen LogP contribution < -0.4 is 5.32 Å². The van der Waals surface area contributed by atoms with Gasteiger partial charge in [0.15, 0.2) is 5.82 Å². The Labute approximate surface area is 91.0 Å². The Balaban J connectivity index is 2.27. The first-order valence-electron chi connectivity index (χ1n) is 5.71. The molecule has 2 atom stereocenters. The first kappa shape index (κ1) is 12.1. The van der Waals surface area contributed by atoms with Crippen LogP contribution in [0.15, 0.2) is 0 Å². The first-order chi connectivity index (χ1) is 7.26. The molecule has 5 heteroatoms. The molecule has 2 N–H and O–H groups in total. The van der Waals surface area contributed by atoms with E-state index in [1.54, 1.807) is 0 Å². The maximum absolute atomic E-state index is 3.91. The standard InChI is InChI=1S/C10H21N5/c1-4-8(3)6-9(5-2)11-7-10-12-14-15-13-10/h8-9,11H,4-7H2,1-3H3,(H,12,13,14,15). The summed E-state index contributed by atoms with van der Waals surface area (Å²) in [7, 11) is 0. The smallest absolute Gasteiger partial charge is 0.188 e. The zero-order valence-electron chi connectivity index (χ0n) is 9.82. The van der Waals surface area contributed by atoms with E-state index in [1.165, 1.54) is 12.8 Å². The third-order valence-electron chi connectivity index (χ3n) is 2.81. The van der Waals surface area contributed by atoms with E-state index in [-0.39, 0.29) is 0 Å². The van der Waals surface area contributed by atoms with Crippen LogP contribution in [0.4, 0.5) is 0 Å². The van der Waals surface area contributed by atoms with Crippen LogP contribution in [0.5, 0.6) is 0 Å². The van der Waals surface area contributed by atoms with E-state index in [2.05, 4.69) is 46.7 Å². The fourth-order valence-corrected chi connectivity index (χ4v) is 1.54. The van der Waals surface area contributed by atoms with Crippen LogP contribution in [0, 0.1) is 5.92 Å². The van der Waals surface area contributed by atoms with Gasteiger partial charge in [-0.2, -0.15) is 5.21 Å². The second-order valence-electron chi connectivity index (χ2n) is 4.06. The molecule has 0 aliphatic heterocycles. The van der Waals surface area contributed by atoms with Crippen LogP contribution in [0.25, 0.3) is 0 Å². The lowest BCUT2D eigenvalue weighted by molar-refractivity contribution is 0.381. The van der Waals surface area contributed by atoms with Crippen LogP contribution in [0.3, 0.4) is 0 Å². The topological polar surface area (TPSA) is 66.5 Å². The fourth-order valence-electron chi connectivity index (χ4n) is 1.54. The van der Waals surface area contributed by atoms with E-state index in [0.717, 1.165) is 18.2 Å². The number of hydrogen-bond donors (Lipinski definition) is 2. The number of aromatic amines is 1. The van der Waals surface area contributed by atoms with Crippen LogP contribution in [-0.4, -0.2) is 26.7 Å². The molecule has 0 radical (unpaired) electrons. The second kappa shape index (κ2) is 6.50. The number of nitrogens with zero attached hydrogens (tertiary/aromatic N) is 3. The highest BCUT2D eigenvalue weighted by Crippen LogP contribution is 2.12. The predicted octanol–water partition coefficient (Wildman–Crippen LogP) is 1.50. The minimum absolute atomic E-state index is 0.554. The lowest BCUT2D eigenvalue weighted by atomic mass is 9.98. The first-order valence-corrected chi connectivity index (χ1v) is 5.71. The average molecular weight is 211 g/mol. The summed E-state index contributed by atoms with van der Waals surface area (Å²) in [5.41, 5.74) is 0. The van der Waals surface area contributed by atoms with Gasteiger partial charge in [0.25, 0.3) is 0 Å². The number of tetrazole rings is 1. The molecule has 0 saturated heterocycles. The van der Waals surface area contributed by atoms with Gasteiger partial charge in [-0.15, -0.1) is 10.2 Å². The fraction of sp³-hybridized carbons (Fsp3) is 0.900. The van der Waals surface area contributed by atoms with Gasteiger partial charge in [0.05, 0.1) is 6.54 Å². The number of rotatable bonds is 7. The van der Waals surface area contributed by atoms with Gasteiger partial charge in [-0.25, -0.2) is 0 Å². The molecule has 0 saturated carbocycles. The highest BCUT2D eigenvalue weighted by Gasteiger charge is 2.10. The molecule has 0 amide bonds. The Kier molecular flexibility index (Phi) is 5.25. The maximum atomic E-state index is 3.91. The van der Waals surface area contributed by atoms with Gasteiger partial charge in [-0.05, 0) is 18.8 Å². The van der Waals surface area contributed by atoms with Crippen LogP contribution in [-0.2, 0) is 6.54 Å². The van der Waals surface area contributed by atoms with Gasteiger partial charge in [0.1, 0.15) is 0 Å². The third-order valence-corrected chi connectivity index (χ3v) is 2.81. The molecule has 15 heavy (non-hydrogen) atoms. The van der Waals surface area contributed by atoms with Crippen LogP contribution in [0.2, 0.25) is 0 Å². The zero-order valence-corrected chi connectivity index (χ0v) is 9.82. The Bertz CT molecular complexity index is 246. The van der Waals surface area contributed by atoms with Gasteiger partial charge >= 0.3 is 0 Å². The summed E-state index contributed by atoms with van der Waals surface area (Å²) in [5, 5.41) is 17.3. The summed E-state index contributed by atoms with van der Waals surface area (Å²) >= 11 is 0. The summed E-state index contributed by atoms with van der Waals surface area (Å²) in [6.45, 7) is 7.43. The molecular formula is C10H21N5. The Hall–Kier alpha value is -0.970. The minimum Gasteiger partial charge on any atom is -0.307 e. The molecule has 2 unspecified atom stereocenters. The van der Waals surface area contributed by atoms with E-state index in [0.29, 0.717) is 12.6 Å². The van der Waals surface area contributed by atoms with Gasteiger partial charge in [-0.3, -0.25) is 0 Å². The molecule has 1 rings (SSSR count). The summed E-state index contributed by atoms with van der Waals surface area (Å²) in [4.78, 5) is 0. The number of aromatic nitrogens is 4. The molecule has 0 aliphatic carbocycles. The highest BCUT2D eigenvalue weighted by molar-refractivity contribution is 4.77. The van der Waals surface area contributed by atoms with Crippen molar-refractivity contribution >= 4 is 0 Å². The van der Waals surface area contributed by atoms with Crippen molar-refractivity contribution in [1.82, 2.24) is 25.9 Å². The highest BCUT2D eigenvalue weighted by atomic mass is 15.5. The molecule has 0 bridgehead atoms. The van der Waals surface area contributed by atoms with Crippen LogP contribution >= 0.6 is 0 Å². The molecule has 1 aromatic heterocycles. The van der Waals surface area contributed by atoms with Gasteiger partial charge < -0.3 is 5.32 Å². The normalized spacial score (nSPS) is 15.1. The lowest BCUT2D eigenvalue weighted by Gasteiger charge is -2.19. The summed E-state index contributed by atoms with van der Waals surface area (Å²) in [6, 6.07) is 0.554. The zero-order chi connectivity index (χ0) is 11.1. The lowest BCUT2D eigenvalue weighted by Crippen LogP contribution is -2.30. The molecule has 86 valence electrons. The van der Waals surface area contributed by atoms with Crippen LogP contribution in [0.1, 0.15) is 45.9 Å². The monoisotopic (exact) mass is 211 g/mol. The van der Waals surface area contributed by atoms with E-state index in [9.17, 15) is 0 Å². The largest absolute Gasteiger partial charge is 0.307 e. The summed E-state index contributed by atoms with van der Waals surface area (Å²) < 4.78 is 0. The number of hydrogen-bond acceptors (Lipinski definition) is 4. The van der Waals surface area contributed by atoms with Crippen molar-refractivity contribution in [2.45, 2.75) is 52.6 Å². The Morgan fingerprint density at radius 2 is 2.13 bits per heavy atom. The van der Waals surface area contributed by atoms with Crippen molar-refractivity contribution in [3.8, 4) is 0 Å². The van der Waals surface area contributed by atoms with Crippen molar-refractivity contribution in [2.24, 2.45) is 5.92 Å². The van der Waals surface area contributed by atoms with Crippen molar-refractivity contribution in [3.05, 3.63) is 5.82 Å². The molecule has 5 nitrogen and oxygen atoms in total. The summed E-state index contributed by atoms with van der Waals surface area (Å²) in [5.74, 6) is 1.50. The minimum atomic E-state index is 0.554. The maximum Gasteiger partial charge on any atom is 0.188 e. The molecule has 0 fully saturated rings. The number of H-pyrrole nitrogens is 1. The van der Waals surface area contributed by atoms with E-state index in [1.807, 2.05) is 0 Å². The summed E-state index contributed by atoms with van der Waals surface area (Å²) in [6.07, 6.45) is 3.59. The predicted molar refractivity (Wildman–Crippen MR) is 59.2 cm³/mol. The van der Waals surface area contributed by atoms with E-state index in [4.69, 9.17) is 0 Å². The molecular weight excluding hydrogens is 190 g/mol. The van der Waals surface area contributed by atoms with E-state index < -0.39 is 0 Å².